The monoisotopic (exact) mass is 310 g/mol. The second-order valence-electron chi connectivity index (χ2n) is 5.33. The summed E-state index contributed by atoms with van der Waals surface area (Å²) in [5.41, 5.74) is 0. The van der Waals surface area contributed by atoms with Gasteiger partial charge in [-0.3, -0.25) is 4.79 Å². The highest BCUT2D eigenvalue weighted by molar-refractivity contribution is 5.75. The van der Waals surface area contributed by atoms with Crippen LogP contribution in [0.2, 0.25) is 0 Å². The van der Waals surface area contributed by atoms with E-state index in [-0.39, 0.29) is 0 Å². The normalized spacial score (nSPS) is 11.3. The van der Waals surface area contributed by atoms with E-state index in [0.29, 0.717) is 6.42 Å². The fourth-order valence-corrected chi connectivity index (χ4v) is 1.95. The van der Waals surface area contributed by atoms with E-state index < -0.39 is 18.5 Å². The number of carboxylic acids is 1. The van der Waals surface area contributed by atoms with Crippen molar-refractivity contribution in [2.75, 3.05) is 6.61 Å². The zero-order valence-electron chi connectivity index (χ0n) is 13.8. The van der Waals surface area contributed by atoms with Gasteiger partial charge in [-0.2, -0.15) is 0 Å². The second kappa shape index (κ2) is 15.8. The fraction of sp³-hybridized carbons (Fsp3) is 0.667. The van der Waals surface area contributed by atoms with E-state index in [1.807, 2.05) is 0 Å². The van der Waals surface area contributed by atoms with E-state index in [4.69, 9.17) is 5.11 Å². The minimum atomic E-state index is -1.11. The summed E-state index contributed by atoms with van der Waals surface area (Å²) < 4.78 is 4.56. The molecule has 0 bridgehead atoms. The average Bonchev–Trinajstić information content (AvgIpc) is 2.49. The van der Waals surface area contributed by atoms with Crippen LogP contribution in [0.25, 0.3) is 0 Å². The van der Waals surface area contributed by atoms with E-state index >= 15 is 0 Å². The summed E-state index contributed by atoms with van der Waals surface area (Å²) in [5.74, 6) is -1.52. The van der Waals surface area contributed by atoms with Crippen molar-refractivity contribution in [3.63, 3.8) is 0 Å². The van der Waals surface area contributed by atoms with Gasteiger partial charge in [0.25, 0.3) is 0 Å². The van der Waals surface area contributed by atoms with E-state index in [2.05, 4.69) is 36.0 Å². The first-order chi connectivity index (χ1) is 10.7. The van der Waals surface area contributed by atoms with Gasteiger partial charge in [0.2, 0.25) is 0 Å². The molecule has 0 radical (unpaired) electrons. The predicted octanol–water partition coefficient (Wildman–Crippen LogP) is 4.65. The summed E-state index contributed by atoms with van der Waals surface area (Å²) in [7, 11) is 0. The Morgan fingerprint density at radius 1 is 0.909 bits per heavy atom. The lowest BCUT2D eigenvalue weighted by molar-refractivity contribution is -0.155. The van der Waals surface area contributed by atoms with Crippen LogP contribution in [0.5, 0.6) is 0 Å². The van der Waals surface area contributed by atoms with E-state index in [1.165, 1.54) is 19.3 Å². The van der Waals surface area contributed by atoms with Gasteiger partial charge >= 0.3 is 11.9 Å². The summed E-state index contributed by atoms with van der Waals surface area (Å²) in [6.07, 6.45) is 18.9. The van der Waals surface area contributed by atoms with Crippen LogP contribution >= 0.6 is 0 Å². The third kappa shape index (κ3) is 16.5. The molecule has 4 nitrogen and oxygen atoms in total. The largest absolute Gasteiger partial charge is 0.479 e. The van der Waals surface area contributed by atoms with Crippen molar-refractivity contribution in [3.8, 4) is 0 Å². The van der Waals surface area contributed by atoms with Gasteiger partial charge in [-0.25, -0.2) is 4.79 Å². The van der Waals surface area contributed by atoms with Crippen LogP contribution < -0.4 is 0 Å². The molecule has 0 atom stereocenters. The van der Waals surface area contributed by atoms with Crippen molar-refractivity contribution >= 4 is 11.9 Å². The van der Waals surface area contributed by atoms with E-state index in [1.54, 1.807) is 0 Å². The molecule has 0 aromatic rings. The number of hydrogen-bond acceptors (Lipinski definition) is 3. The molecule has 0 aromatic heterocycles. The molecule has 0 aliphatic carbocycles. The maximum Gasteiger partial charge on any atom is 0.341 e. The maximum atomic E-state index is 11.1. The standard InChI is InChI=1S/C18H30O4/c1-2-3-4-5-6-7-8-9-10-11-12-13-14-15-18(21)22-16-17(19)20/h4-5,7-8H,2-3,6,9-16H2,1H3,(H,19,20)/b5-4-,8-7-. The van der Waals surface area contributed by atoms with Crippen LogP contribution in [0.4, 0.5) is 0 Å². The number of ether oxygens (including phenoxy) is 1. The van der Waals surface area contributed by atoms with Crippen LogP contribution in [0.1, 0.15) is 71.1 Å². The summed E-state index contributed by atoms with van der Waals surface area (Å²) >= 11 is 0. The molecular formula is C18H30O4. The quantitative estimate of drug-likeness (QED) is 0.288. The Labute approximate surface area is 134 Å². The fourth-order valence-electron chi connectivity index (χ4n) is 1.95. The molecule has 0 aliphatic rings. The zero-order valence-corrected chi connectivity index (χ0v) is 13.8. The summed E-state index contributed by atoms with van der Waals surface area (Å²) in [5, 5.41) is 8.36. The highest BCUT2D eigenvalue weighted by Crippen LogP contribution is 2.08. The molecule has 0 unspecified atom stereocenters. The molecule has 0 amide bonds. The number of esters is 1. The first kappa shape index (κ1) is 20.4. The molecule has 0 heterocycles. The van der Waals surface area contributed by atoms with E-state index in [0.717, 1.165) is 38.5 Å². The lowest BCUT2D eigenvalue weighted by Crippen LogP contribution is -2.12. The van der Waals surface area contributed by atoms with Gasteiger partial charge in [0.05, 0.1) is 0 Å². The number of hydrogen-bond donors (Lipinski definition) is 1. The third-order valence-electron chi connectivity index (χ3n) is 3.17. The van der Waals surface area contributed by atoms with Crippen molar-refractivity contribution in [2.45, 2.75) is 71.1 Å². The minimum Gasteiger partial charge on any atom is -0.479 e. The number of carboxylic acid groups (broad SMARTS) is 1. The van der Waals surface area contributed by atoms with Crippen molar-refractivity contribution < 1.29 is 19.4 Å². The molecule has 0 fully saturated rings. The number of unbranched alkanes of at least 4 members (excludes halogenated alkanes) is 6. The van der Waals surface area contributed by atoms with Crippen LogP contribution in [0, 0.1) is 0 Å². The molecule has 0 saturated carbocycles. The smallest absolute Gasteiger partial charge is 0.341 e. The molecule has 0 rings (SSSR count). The molecule has 0 spiro atoms. The van der Waals surface area contributed by atoms with Gasteiger partial charge in [-0.1, -0.05) is 56.9 Å². The van der Waals surface area contributed by atoms with Gasteiger partial charge in [0, 0.05) is 6.42 Å². The first-order valence-electron chi connectivity index (χ1n) is 8.34. The van der Waals surface area contributed by atoms with Gasteiger partial charge < -0.3 is 9.84 Å². The number of carbonyl (C=O) groups excluding carboxylic acids is 1. The van der Waals surface area contributed by atoms with Gasteiger partial charge in [-0.15, -0.1) is 0 Å². The number of allylic oxidation sites excluding steroid dienone is 4. The maximum absolute atomic E-state index is 11.1. The van der Waals surface area contributed by atoms with Crippen molar-refractivity contribution in [1.82, 2.24) is 0 Å². The average molecular weight is 310 g/mol. The minimum absolute atomic E-state index is 0.317. The molecule has 126 valence electrons. The summed E-state index contributed by atoms with van der Waals surface area (Å²) in [6, 6.07) is 0. The Bertz CT molecular complexity index is 345. The Morgan fingerprint density at radius 3 is 2.23 bits per heavy atom. The van der Waals surface area contributed by atoms with Crippen LogP contribution in [-0.2, 0) is 14.3 Å². The highest BCUT2D eigenvalue weighted by Gasteiger charge is 2.05. The van der Waals surface area contributed by atoms with Crippen molar-refractivity contribution in [2.24, 2.45) is 0 Å². The molecule has 0 aromatic carbocycles. The van der Waals surface area contributed by atoms with Crippen LogP contribution in [-0.4, -0.2) is 23.7 Å². The van der Waals surface area contributed by atoms with Gasteiger partial charge in [0.1, 0.15) is 0 Å². The SMILES string of the molecule is CCC/C=C\C/C=C\CCCCCCCC(=O)OCC(=O)O. The molecule has 22 heavy (non-hydrogen) atoms. The number of aliphatic carboxylic acids is 1. The Hall–Kier alpha value is -1.58. The summed E-state index contributed by atoms with van der Waals surface area (Å²) in [6.45, 7) is 1.65. The van der Waals surface area contributed by atoms with Gasteiger partial charge in [-0.05, 0) is 32.1 Å². The molecule has 4 heteroatoms. The molecule has 0 saturated heterocycles. The summed E-state index contributed by atoms with van der Waals surface area (Å²) in [4.78, 5) is 21.4. The van der Waals surface area contributed by atoms with Crippen molar-refractivity contribution in [1.29, 1.82) is 0 Å². The van der Waals surface area contributed by atoms with Crippen LogP contribution in [0.15, 0.2) is 24.3 Å². The Morgan fingerprint density at radius 2 is 1.55 bits per heavy atom. The molecule has 0 aliphatic heterocycles. The first-order valence-corrected chi connectivity index (χ1v) is 8.34. The van der Waals surface area contributed by atoms with Gasteiger partial charge in [0.15, 0.2) is 6.61 Å². The number of rotatable bonds is 14. The molecular weight excluding hydrogens is 280 g/mol. The highest BCUT2D eigenvalue weighted by atomic mass is 16.5. The topological polar surface area (TPSA) is 63.6 Å². The van der Waals surface area contributed by atoms with Crippen LogP contribution in [0.3, 0.4) is 0 Å². The predicted molar refractivity (Wildman–Crippen MR) is 88.7 cm³/mol. The zero-order chi connectivity index (χ0) is 16.5. The lowest BCUT2D eigenvalue weighted by atomic mass is 10.1. The third-order valence-corrected chi connectivity index (χ3v) is 3.17. The van der Waals surface area contributed by atoms with E-state index in [9.17, 15) is 9.59 Å². The Kier molecular flexibility index (Phi) is 14.7. The Balaban J connectivity index is 3.28. The van der Waals surface area contributed by atoms with Crippen molar-refractivity contribution in [3.05, 3.63) is 24.3 Å². The lowest BCUT2D eigenvalue weighted by Gasteiger charge is -2.02. The second-order valence-corrected chi connectivity index (χ2v) is 5.33. The number of carbonyl (C=O) groups is 2. The molecule has 1 N–H and O–H groups in total.